The van der Waals surface area contributed by atoms with E-state index in [1.54, 1.807) is 0 Å². The van der Waals surface area contributed by atoms with Gasteiger partial charge >= 0.3 is 0 Å². The first-order valence-electron chi connectivity index (χ1n) is 5.72. The molecule has 0 saturated heterocycles. The van der Waals surface area contributed by atoms with E-state index in [1.807, 2.05) is 6.92 Å². The van der Waals surface area contributed by atoms with Crippen molar-refractivity contribution in [3.63, 3.8) is 0 Å². The number of rotatable bonds is 9. The van der Waals surface area contributed by atoms with Gasteiger partial charge in [-0.2, -0.15) is 5.26 Å². The molecule has 0 spiro atoms. The topological polar surface area (TPSA) is 59.3 Å². The number of nitrogens with one attached hydrogen (secondary N) is 1. The fourth-order valence-corrected chi connectivity index (χ4v) is 1.39. The first-order valence-corrected chi connectivity index (χ1v) is 5.72. The molecule has 0 aromatic rings. The lowest BCUT2D eigenvalue weighted by Crippen LogP contribution is -2.38. The van der Waals surface area contributed by atoms with Crippen molar-refractivity contribution in [1.82, 2.24) is 10.2 Å². The molecule has 0 amide bonds. The van der Waals surface area contributed by atoms with Crippen LogP contribution >= 0.6 is 0 Å². The molecule has 0 aromatic carbocycles. The summed E-state index contributed by atoms with van der Waals surface area (Å²) in [4.78, 5) is 2.10. The lowest BCUT2D eigenvalue weighted by molar-refractivity contribution is 0.115. The van der Waals surface area contributed by atoms with Crippen LogP contribution in [0.3, 0.4) is 0 Å². The van der Waals surface area contributed by atoms with Crippen LogP contribution in [-0.2, 0) is 0 Å². The first-order chi connectivity index (χ1) is 7.24. The molecule has 0 heterocycles. The molecular formula is C11H23N3O. The molecule has 0 rings (SSSR count). The van der Waals surface area contributed by atoms with Gasteiger partial charge in [-0.25, -0.2) is 0 Å². The Kier molecular flexibility index (Phi) is 9.49. The van der Waals surface area contributed by atoms with E-state index in [0.717, 1.165) is 26.1 Å². The highest BCUT2D eigenvalue weighted by Gasteiger charge is 2.09. The quantitative estimate of drug-likeness (QED) is 0.550. The molecule has 0 saturated carbocycles. The van der Waals surface area contributed by atoms with Crippen LogP contribution in [-0.4, -0.2) is 48.8 Å². The normalized spacial score (nSPS) is 12.7. The molecule has 4 nitrogen and oxygen atoms in total. The molecule has 0 aliphatic heterocycles. The van der Waals surface area contributed by atoms with Crippen molar-refractivity contribution in [3.8, 4) is 6.07 Å². The van der Waals surface area contributed by atoms with Crippen LogP contribution in [0.2, 0.25) is 0 Å². The Labute approximate surface area is 92.9 Å². The highest BCUT2D eigenvalue weighted by Crippen LogP contribution is 1.94. The van der Waals surface area contributed by atoms with Crippen molar-refractivity contribution in [2.75, 3.05) is 32.7 Å². The van der Waals surface area contributed by atoms with E-state index >= 15 is 0 Å². The number of hydrogen-bond acceptors (Lipinski definition) is 4. The maximum atomic E-state index is 9.69. The highest BCUT2D eigenvalue weighted by atomic mass is 16.3. The van der Waals surface area contributed by atoms with Gasteiger partial charge in [0.2, 0.25) is 0 Å². The third kappa shape index (κ3) is 8.37. The zero-order valence-corrected chi connectivity index (χ0v) is 9.87. The van der Waals surface area contributed by atoms with Gasteiger partial charge in [0.15, 0.2) is 0 Å². The van der Waals surface area contributed by atoms with E-state index in [1.165, 1.54) is 0 Å². The lowest BCUT2D eigenvalue weighted by atomic mass is 10.3. The Morgan fingerprint density at radius 2 is 2.20 bits per heavy atom. The van der Waals surface area contributed by atoms with Crippen LogP contribution in [0.25, 0.3) is 0 Å². The van der Waals surface area contributed by atoms with Gasteiger partial charge in [0.1, 0.15) is 0 Å². The van der Waals surface area contributed by atoms with Crippen molar-refractivity contribution >= 4 is 0 Å². The van der Waals surface area contributed by atoms with Crippen LogP contribution in [0.5, 0.6) is 0 Å². The Hall–Kier alpha value is -0.630. The number of likely N-dealkylation sites (N-methyl/N-ethyl adjacent to an activating group) is 1. The number of hydrogen-bond donors (Lipinski definition) is 2. The third-order valence-electron chi connectivity index (χ3n) is 2.26. The molecule has 0 bridgehead atoms. The minimum atomic E-state index is -0.338. The predicted octanol–water partition coefficient (Wildman–Crippen LogP) is 0.582. The summed E-state index contributed by atoms with van der Waals surface area (Å²) in [6.45, 7) is 8.01. The number of aliphatic hydroxyl groups excluding tert-OH is 1. The minimum absolute atomic E-state index is 0.338. The van der Waals surface area contributed by atoms with Crippen molar-refractivity contribution in [2.45, 2.75) is 32.8 Å². The summed E-state index contributed by atoms with van der Waals surface area (Å²) in [5, 5.41) is 21.3. The molecule has 0 aliphatic rings. The van der Waals surface area contributed by atoms with Gasteiger partial charge < -0.3 is 10.4 Å². The van der Waals surface area contributed by atoms with Crippen LogP contribution in [0, 0.1) is 11.3 Å². The van der Waals surface area contributed by atoms with E-state index in [0.29, 0.717) is 19.5 Å². The van der Waals surface area contributed by atoms with Crippen LogP contribution in [0.4, 0.5) is 0 Å². The SMILES string of the molecule is CCCNCC(O)CN(CC)CCC#N. The average molecular weight is 213 g/mol. The Balaban J connectivity index is 3.61. The van der Waals surface area contributed by atoms with Crippen LogP contribution < -0.4 is 5.32 Å². The number of nitriles is 1. The zero-order chi connectivity index (χ0) is 11.5. The number of aliphatic hydroxyl groups is 1. The smallest absolute Gasteiger partial charge is 0.0791 e. The molecule has 4 heteroatoms. The fraction of sp³-hybridized carbons (Fsp3) is 0.909. The number of nitrogens with zero attached hydrogens (tertiary/aromatic N) is 2. The second kappa shape index (κ2) is 9.91. The van der Waals surface area contributed by atoms with E-state index < -0.39 is 0 Å². The summed E-state index contributed by atoms with van der Waals surface area (Å²) in [6, 6.07) is 2.12. The van der Waals surface area contributed by atoms with Crippen molar-refractivity contribution in [2.24, 2.45) is 0 Å². The van der Waals surface area contributed by atoms with Crippen molar-refractivity contribution in [3.05, 3.63) is 0 Å². The maximum Gasteiger partial charge on any atom is 0.0791 e. The Bertz CT molecular complexity index is 179. The Morgan fingerprint density at radius 3 is 2.73 bits per heavy atom. The van der Waals surface area contributed by atoms with E-state index in [9.17, 15) is 5.11 Å². The van der Waals surface area contributed by atoms with Crippen LogP contribution in [0.1, 0.15) is 26.7 Å². The molecule has 0 radical (unpaired) electrons. The lowest BCUT2D eigenvalue weighted by Gasteiger charge is -2.22. The van der Waals surface area contributed by atoms with E-state index in [2.05, 4.69) is 23.2 Å². The van der Waals surface area contributed by atoms with Gasteiger partial charge in [-0.15, -0.1) is 0 Å². The summed E-state index contributed by atoms with van der Waals surface area (Å²) in [5.41, 5.74) is 0. The standard InChI is InChI=1S/C11H23N3O/c1-3-7-13-9-11(15)10-14(4-2)8-5-6-12/h11,13,15H,3-5,7-10H2,1-2H3. The van der Waals surface area contributed by atoms with E-state index in [4.69, 9.17) is 5.26 Å². The molecule has 15 heavy (non-hydrogen) atoms. The van der Waals surface area contributed by atoms with Gasteiger partial charge in [0.25, 0.3) is 0 Å². The Morgan fingerprint density at radius 1 is 1.47 bits per heavy atom. The predicted molar refractivity (Wildman–Crippen MR) is 61.5 cm³/mol. The summed E-state index contributed by atoms with van der Waals surface area (Å²) < 4.78 is 0. The second-order valence-electron chi connectivity index (χ2n) is 3.66. The van der Waals surface area contributed by atoms with E-state index in [-0.39, 0.29) is 6.10 Å². The van der Waals surface area contributed by atoms with Gasteiger partial charge in [0.05, 0.1) is 12.2 Å². The third-order valence-corrected chi connectivity index (χ3v) is 2.26. The fourth-order valence-electron chi connectivity index (χ4n) is 1.39. The highest BCUT2D eigenvalue weighted by molar-refractivity contribution is 4.73. The molecular weight excluding hydrogens is 190 g/mol. The summed E-state index contributed by atoms with van der Waals surface area (Å²) >= 11 is 0. The molecule has 1 atom stereocenters. The van der Waals surface area contributed by atoms with Gasteiger partial charge in [-0.1, -0.05) is 13.8 Å². The van der Waals surface area contributed by atoms with Crippen LogP contribution in [0.15, 0.2) is 0 Å². The monoisotopic (exact) mass is 213 g/mol. The van der Waals surface area contributed by atoms with Crippen molar-refractivity contribution < 1.29 is 5.11 Å². The maximum absolute atomic E-state index is 9.69. The molecule has 0 aromatic heterocycles. The first kappa shape index (κ1) is 14.4. The van der Waals surface area contributed by atoms with Crippen molar-refractivity contribution in [1.29, 1.82) is 5.26 Å². The molecule has 2 N–H and O–H groups in total. The summed E-state index contributed by atoms with van der Waals surface area (Å²) in [5.74, 6) is 0. The molecule has 0 aliphatic carbocycles. The minimum Gasteiger partial charge on any atom is -0.390 e. The molecule has 1 unspecified atom stereocenters. The molecule has 88 valence electrons. The summed E-state index contributed by atoms with van der Waals surface area (Å²) in [6.07, 6.45) is 1.27. The largest absolute Gasteiger partial charge is 0.390 e. The molecule has 0 fully saturated rings. The summed E-state index contributed by atoms with van der Waals surface area (Å²) in [7, 11) is 0. The van der Waals surface area contributed by atoms with Gasteiger partial charge in [-0.05, 0) is 19.5 Å². The zero-order valence-electron chi connectivity index (χ0n) is 9.87. The average Bonchev–Trinajstić information content (AvgIpc) is 2.24. The van der Waals surface area contributed by atoms with Gasteiger partial charge in [-0.3, -0.25) is 4.90 Å². The van der Waals surface area contributed by atoms with Gasteiger partial charge in [0, 0.05) is 26.1 Å². The second-order valence-corrected chi connectivity index (χ2v) is 3.66.